The molecule has 101 valence electrons. The molecule has 1 aliphatic heterocycles. The number of rotatable bonds is 4. The third-order valence-electron chi connectivity index (χ3n) is 2.06. The molecule has 0 spiro atoms. The number of carboxylic acid groups (broad SMARTS) is 1. The van der Waals surface area contributed by atoms with E-state index in [-0.39, 0.29) is 14.9 Å². The minimum absolute atomic E-state index is 0.000566. The normalized spacial score (nSPS) is 17.3. The van der Waals surface area contributed by atoms with Crippen LogP contribution in [0.25, 0.3) is 0 Å². The van der Waals surface area contributed by atoms with Crippen LogP contribution in [0.4, 0.5) is 0 Å². The Labute approximate surface area is 117 Å². The summed E-state index contributed by atoms with van der Waals surface area (Å²) in [5.41, 5.74) is 3.64. The molecule has 0 unspecified atom stereocenters. The molecule has 1 radical (unpaired) electrons. The van der Waals surface area contributed by atoms with Gasteiger partial charge in [0.15, 0.2) is 0 Å². The highest BCUT2D eigenvalue weighted by molar-refractivity contribution is 8.27. The smallest absolute Gasteiger partial charge is 0.347 e. The predicted octanol–water partition coefficient (Wildman–Crippen LogP) is 1.57. The van der Waals surface area contributed by atoms with Crippen LogP contribution in [-0.2, 0) is 10.0 Å². The fourth-order valence-electron chi connectivity index (χ4n) is 1.23. The zero-order chi connectivity index (χ0) is 14.0. The highest BCUT2D eigenvalue weighted by Gasteiger charge is 2.26. The number of thioether (sulfide) groups is 1. The minimum atomic E-state index is -4.08. The first-order chi connectivity index (χ1) is 8.94. The maximum atomic E-state index is 12.0. The van der Waals surface area contributed by atoms with E-state index < -0.39 is 16.0 Å². The zero-order valence-corrected chi connectivity index (χ0v) is 12.0. The van der Waals surface area contributed by atoms with Gasteiger partial charge in [0, 0.05) is 0 Å². The number of hydrogen-bond donors (Lipinski definition) is 1. The van der Waals surface area contributed by atoms with Gasteiger partial charge in [-0.1, -0.05) is 6.92 Å². The molecule has 0 aliphatic carbocycles. The molecule has 0 bridgehead atoms. The molecule has 1 aliphatic rings. The summed E-state index contributed by atoms with van der Waals surface area (Å²) in [6.45, 7) is 1.86. The molecule has 1 N–H and O–H groups in total. The summed E-state index contributed by atoms with van der Waals surface area (Å²) in [6, 6.07) is 1.22. The van der Waals surface area contributed by atoms with Crippen molar-refractivity contribution in [3.63, 3.8) is 0 Å². The van der Waals surface area contributed by atoms with Gasteiger partial charge in [-0.25, -0.2) is 4.79 Å². The Morgan fingerprint density at radius 1 is 1.53 bits per heavy atom. The van der Waals surface area contributed by atoms with Crippen molar-refractivity contribution in [3.05, 3.63) is 16.3 Å². The molecular formula is C9H8N3O4S3. The molecule has 7 nitrogen and oxygen atoms in total. The van der Waals surface area contributed by atoms with E-state index in [1.165, 1.54) is 11.4 Å². The highest BCUT2D eigenvalue weighted by Crippen LogP contribution is 2.25. The quantitative estimate of drug-likeness (QED) is 0.906. The van der Waals surface area contributed by atoms with Gasteiger partial charge in [-0.05, 0) is 29.6 Å². The molecule has 0 saturated heterocycles. The van der Waals surface area contributed by atoms with Gasteiger partial charge in [-0.15, -0.1) is 26.3 Å². The number of carbonyl (C=O) groups is 1. The van der Waals surface area contributed by atoms with E-state index in [1.54, 1.807) is 0 Å². The average Bonchev–Trinajstić information content (AvgIpc) is 2.95. The second-order valence-corrected chi connectivity index (χ2v) is 6.85. The van der Waals surface area contributed by atoms with Crippen LogP contribution in [0.15, 0.2) is 25.8 Å². The van der Waals surface area contributed by atoms with Crippen LogP contribution in [0.5, 0.6) is 0 Å². The van der Waals surface area contributed by atoms with Crippen LogP contribution in [0.3, 0.4) is 0 Å². The molecular weight excluding hydrogens is 310 g/mol. The SMILES string of the molecule is CCC1=N[N]C(=NS(=O)(=O)c2ccsc2C(=O)O)S1. The summed E-state index contributed by atoms with van der Waals surface area (Å²) in [7, 11) is -4.08. The maximum Gasteiger partial charge on any atom is 0.347 e. The molecule has 0 aromatic carbocycles. The van der Waals surface area contributed by atoms with Gasteiger partial charge in [0.05, 0.1) is 0 Å². The summed E-state index contributed by atoms with van der Waals surface area (Å²) < 4.78 is 27.5. The highest BCUT2D eigenvalue weighted by atomic mass is 32.2. The number of nitrogens with zero attached hydrogens (tertiary/aromatic N) is 3. The predicted molar refractivity (Wildman–Crippen MR) is 73.4 cm³/mol. The summed E-state index contributed by atoms with van der Waals surface area (Å²) >= 11 is 1.89. The first kappa shape index (κ1) is 14.0. The lowest BCUT2D eigenvalue weighted by atomic mass is 10.5. The van der Waals surface area contributed by atoms with Crippen LogP contribution >= 0.6 is 23.1 Å². The van der Waals surface area contributed by atoms with Gasteiger partial charge < -0.3 is 5.11 Å². The Balaban J connectivity index is 2.32. The molecule has 0 fully saturated rings. The van der Waals surface area contributed by atoms with E-state index in [0.717, 1.165) is 23.1 Å². The number of carboxylic acids is 1. The third kappa shape index (κ3) is 2.96. The van der Waals surface area contributed by atoms with Crippen molar-refractivity contribution < 1.29 is 18.3 Å². The van der Waals surface area contributed by atoms with Gasteiger partial charge in [-0.3, -0.25) is 0 Å². The molecule has 2 heterocycles. The van der Waals surface area contributed by atoms with Crippen molar-refractivity contribution in [1.29, 1.82) is 0 Å². The fraction of sp³-hybridized carbons (Fsp3) is 0.222. The molecule has 0 atom stereocenters. The standard InChI is InChI=1S/C9H8N3O4S3/c1-2-6-10-11-9(18-6)12-19(15,16)5-3-4-17-7(5)8(13)14/h3-4H,2H2,1H3,(H,13,14). The average molecular weight is 318 g/mol. The monoisotopic (exact) mass is 318 g/mol. The van der Waals surface area contributed by atoms with Crippen LogP contribution in [0.2, 0.25) is 0 Å². The Morgan fingerprint density at radius 2 is 2.26 bits per heavy atom. The Kier molecular flexibility index (Phi) is 3.92. The Bertz CT molecular complexity index is 675. The first-order valence-electron chi connectivity index (χ1n) is 5.05. The van der Waals surface area contributed by atoms with E-state index in [9.17, 15) is 13.2 Å². The number of hydrogen-bond acceptors (Lipinski definition) is 6. The van der Waals surface area contributed by atoms with Gasteiger partial charge in [0.25, 0.3) is 10.0 Å². The maximum absolute atomic E-state index is 12.0. The fourth-order valence-corrected chi connectivity index (χ4v) is 4.27. The van der Waals surface area contributed by atoms with Crippen molar-refractivity contribution in [1.82, 2.24) is 5.43 Å². The summed E-state index contributed by atoms with van der Waals surface area (Å²) in [6.07, 6.45) is 0.631. The summed E-state index contributed by atoms with van der Waals surface area (Å²) in [4.78, 5) is 10.3. The molecule has 0 saturated carbocycles. The summed E-state index contributed by atoms with van der Waals surface area (Å²) in [5.74, 6) is -1.30. The number of sulfonamides is 1. The number of aromatic carboxylic acids is 1. The largest absolute Gasteiger partial charge is 0.477 e. The van der Waals surface area contributed by atoms with Crippen molar-refractivity contribution in [2.45, 2.75) is 18.2 Å². The zero-order valence-electron chi connectivity index (χ0n) is 9.60. The molecule has 2 rings (SSSR count). The van der Waals surface area contributed by atoms with E-state index >= 15 is 0 Å². The lowest BCUT2D eigenvalue weighted by molar-refractivity contribution is 0.0698. The van der Waals surface area contributed by atoms with Gasteiger partial charge in [-0.2, -0.15) is 8.42 Å². The number of thiophene rings is 1. The molecule has 1 aromatic rings. The van der Waals surface area contributed by atoms with Crippen molar-refractivity contribution >= 4 is 49.3 Å². The lowest BCUT2D eigenvalue weighted by Gasteiger charge is -1.98. The topological polar surface area (TPSA) is 110 Å². The molecule has 1 aromatic heterocycles. The molecule has 0 amide bonds. The van der Waals surface area contributed by atoms with Crippen molar-refractivity contribution in [3.8, 4) is 0 Å². The van der Waals surface area contributed by atoms with Crippen molar-refractivity contribution in [2.75, 3.05) is 0 Å². The summed E-state index contributed by atoms with van der Waals surface area (Å²) in [5, 5.41) is 14.7. The van der Waals surface area contributed by atoms with Crippen LogP contribution in [0.1, 0.15) is 23.0 Å². The number of amidine groups is 1. The van der Waals surface area contributed by atoms with Crippen LogP contribution in [-0.4, -0.2) is 29.7 Å². The van der Waals surface area contributed by atoms with E-state index in [1.807, 2.05) is 6.92 Å². The van der Waals surface area contributed by atoms with Crippen LogP contribution in [0, 0.1) is 0 Å². The van der Waals surface area contributed by atoms with Crippen molar-refractivity contribution in [2.24, 2.45) is 9.50 Å². The Morgan fingerprint density at radius 3 is 2.84 bits per heavy atom. The van der Waals surface area contributed by atoms with Gasteiger partial charge in [0.1, 0.15) is 14.8 Å². The van der Waals surface area contributed by atoms with Gasteiger partial charge >= 0.3 is 5.97 Å². The van der Waals surface area contributed by atoms with E-state index in [4.69, 9.17) is 5.11 Å². The Hall–Kier alpha value is -1.39. The van der Waals surface area contributed by atoms with Gasteiger partial charge in [0.2, 0.25) is 5.17 Å². The van der Waals surface area contributed by atoms with E-state index in [0.29, 0.717) is 11.5 Å². The second-order valence-electron chi connectivity index (χ2n) is 3.32. The van der Waals surface area contributed by atoms with E-state index in [2.05, 4.69) is 14.9 Å². The van der Waals surface area contributed by atoms with Crippen LogP contribution < -0.4 is 5.43 Å². The second kappa shape index (κ2) is 5.31. The first-order valence-corrected chi connectivity index (χ1v) is 8.19. The molecule has 19 heavy (non-hydrogen) atoms. The minimum Gasteiger partial charge on any atom is -0.477 e. The third-order valence-corrected chi connectivity index (χ3v) is 5.48. The lowest BCUT2D eigenvalue weighted by Crippen LogP contribution is -2.08. The molecule has 10 heteroatoms.